The van der Waals surface area contributed by atoms with Gasteiger partial charge in [-0.15, -0.1) is 0 Å². The summed E-state index contributed by atoms with van der Waals surface area (Å²) in [5, 5.41) is 0. The molecule has 0 bridgehead atoms. The van der Waals surface area contributed by atoms with Gasteiger partial charge in [-0.25, -0.2) is 0 Å². The molecule has 110 valence electrons. The zero-order chi connectivity index (χ0) is 13.7. The van der Waals surface area contributed by atoms with Gasteiger partial charge in [0.1, 0.15) is 0 Å². The van der Waals surface area contributed by atoms with Crippen LogP contribution in [0.4, 0.5) is 0 Å². The maximum atomic E-state index is 6.32. The molecule has 0 aromatic carbocycles. The summed E-state index contributed by atoms with van der Waals surface area (Å²) in [5.74, 6) is 0. The van der Waals surface area contributed by atoms with Crippen molar-refractivity contribution < 1.29 is 0 Å². The first-order valence-corrected chi connectivity index (χ1v) is 8.21. The summed E-state index contributed by atoms with van der Waals surface area (Å²) < 4.78 is 0. The molecule has 2 aliphatic heterocycles. The molecular weight excluding hydrogens is 234 g/mol. The Labute approximate surface area is 118 Å². The predicted octanol–water partition coefficient (Wildman–Crippen LogP) is 2.06. The Morgan fingerprint density at radius 2 is 1.95 bits per heavy atom. The molecule has 0 aromatic heterocycles. The SMILES string of the molecule is CC1CN2CCCC2CN1C1(CN)CCCC1(C)C. The third-order valence-electron chi connectivity index (χ3n) is 6.48. The zero-order valence-corrected chi connectivity index (χ0v) is 13.0. The van der Waals surface area contributed by atoms with Gasteiger partial charge in [0.25, 0.3) is 0 Å². The van der Waals surface area contributed by atoms with Crippen LogP contribution in [0.3, 0.4) is 0 Å². The van der Waals surface area contributed by atoms with Gasteiger partial charge in [-0.3, -0.25) is 9.80 Å². The van der Waals surface area contributed by atoms with Crippen molar-refractivity contribution in [1.29, 1.82) is 0 Å². The van der Waals surface area contributed by atoms with Crippen molar-refractivity contribution in [3.05, 3.63) is 0 Å². The van der Waals surface area contributed by atoms with Crippen LogP contribution in [0.25, 0.3) is 0 Å². The van der Waals surface area contributed by atoms with Crippen LogP contribution in [-0.4, -0.2) is 53.6 Å². The Morgan fingerprint density at radius 1 is 1.16 bits per heavy atom. The van der Waals surface area contributed by atoms with Crippen molar-refractivity contribution in [2.45, 2.75) is 70.5 Å². The highest BCUT2D eigenvalue weighted by Gasteiger charge is 2.54. The van der Waals surface area contributed by atoms with Crippen LogP contribution >= 0.6 is 0 Å². The quantitative estimate of drug-likeness (QED) is 0.829. The zero-order valence-electron chi connectivity index (χ0n) is 13.0. The maximum Gasteiger partial charge on any atom is 0.0386 e. The lowest BCUT2D eigenvalue weighted by Gasteiger charge is -2.56. The smallest absolute Gasteiger partial charge is 0.0386 e. The van der Waals surface area contributed by atoms with Gasteiger partial charge in [0.05, 0.1) is 0 Å². The summed E-state index contributed by atoms with van der Waals surface area (Å²) >= 11 is 0. The van der Waals surface area contributed by atoms with Gasteiger partial charge in [0.2, 0.25) is 0 Å². The van der Waals surface area contributed by atoms with Crippen LogP contribution in [0.5, 0.6) is 0 Å². The molecule has 3 nitrogen and oxygen atoms in total. The maximum absolute atomic E-state index is 6.32. The van der Waals surface area contributed by atoms with E-state index < -0.39 is 0 Å². The Bertz CT molecular complexity index is 341. The van der Waals surface area contributed by atoms with E-state index in [1.807, 2.05) is 0 Å². The van der Waals surface area contributed by atoms with E-state index in [1.54, 1.807) is 0 Å². The summed E-state index contributed by atoms with van der Waals surface area (Å²) in [6, 6.07) is 1.46. The summed E-state index contributed by atoms with van der Waals surface area (Å²) in [4.78, 5) is 5.53. The van der Waals surface area contributed by atoms with E-state index in [0.29, 0.717) is 11.5 Å². The van der Waals surface area contributed by atoms with E-state index in [9.17, 15) is 0 Å². The molecule has 2 saturated heterocycles. The third-order valence-corrected chi connectivity index (χ3v) is 6.48. The van der Waals surface area contributed by atoms with E-state index in [2.05, 4.69) is 30.6 Å². The summed E-state index contributed by atoms with van der Waals surface area (Å²) in [6.45, 7) is 12.0. The Hall–Kier alpha value is -0.120. The fourth-order valence-electron chi connectivity index (χ4n) is 5.21. The van der Waals surface area contributed by atoms with Crippen LogP contribution in [0.1, 0.15) is 52.9 Å². The largest absolute Gasteiger partial charge is 0.329 e. The number of rotatable bonds is 2. The molecule has 0 spiro atoms. The highest BCUT2D eigenvalue weighted by molar-refractivity contribution is 5.10. The molecule has 1 saturated carbocycles. The molecular formula is C16H31N3. The lowest BCUT2D eigenvalue weighted by molar-refractivity contribution is -0.0630. The first-order chi connectivity index (χ1) is 9.00. The molecule has 0 amide bonds. The number of nitrogens with two attached hydrogens (primary N) is 1. The first-order valence-electron chi connectivity index (χ1n) is 8.21. The molecule has 2 N–H and O–H groups in total. The van der Waals surface area contributed by atoms with Crippen molar-refractivity contribution in [3.8, 4) is 0 Å². The predicted molar refractivity (Wildman–Crippen MR) is 80.2 cm³/mol. The number of hydrogen-bond donors (Lipinski definition) is 1. The minimum absolute atomic E-state index is 0.251. The topological polar surface area (TPSA) is 32.5 Å². The summed E-state index contributed by atoms with van der Waals surface area (Å²) in [6.07, 6.45) is 6.77. The Balaban J connectivity index is 1.87. The molecule has 3 rings (SSSR count). The lowest BCUT2D eigenvalue weighted by Crippen LogP contribution is -2.68. The van der Waals surface area contributed by atoms with Crippen LogP contribution < -0.4 is 5.73 Å². The second-order valence-corrected chi connectivity index (χ2v) is 7.77. The molecule has 19 heavy (non-hydrogen) atoms. The van der Waals surface area contributed by atoms with Gasteiger partial charge >= 0.3 is 0 Å². The molecule has 0 radical (unpaired) electrons. The van der Waals surface area contributed by atoms with Crippen LogP contribution in [0.2, 0.25) is 0 Å². The van der Waals surface area contributed by atoms with Crippen LogP contribution in [0.15, 0.2) is 0 Å². The molecule has 0 aromatic rings. The van der Waals surface area contributed by atoms with E-state index in [0.717, 1.165) is 12.6 Å². The number of nitrogens with zero attached hydrogens (tertiary/aromatic N) is 2. The number of hydrogen-bond acceptors (Lipinski definition) is 3. The molecule has 3 atom stereocenters. The minimum atomic E-state index is 0.251. The minimum Gasteiger partial charge on any atom is -0.329 e. The molecule has 3 fully saturated rings. The number of piperazine rings is 1. The van der Waals surface area contributed by atoms with Gasteiger partial charge < -0.3 is 5.73 Å². The van der Waals surface area contributed by atoms with E-state index in [4.69, 9.17) is 5.73 Å². The van der Waals surface area contributed by atoms with E-state index in [1.165, 1.54) is 51.7 Å². The molecule has 3 aliphatic rings. The monoisotopic (exact) mass is 265 g/mol. The van der Waals surface area contributed by atoms with Crippen LogP contribution in [0, 0.1) is 5.41 Å². The van der Waals surface area contributed by atoms with Gasteiger partial charge in [-0.1, -0.05) is 20.3 Å². The van der Waals surface area contributed by atoms with Gasteiger partial charge in [0.15, 0.2) is 0 Å². The van der Waals surface area contributed by atoms with Crippen molar-refractivity contribution in [2.24, 2.45) is 11.1 Å². The number of fused-ring (bicyclic) bond motifs is 1. The van der Waals surface area contributed by atoms with Gasteiger partial charge in [-0.2, -0.15) is 0 Å². The van der Waals surface area contributed by atoms with Gasteiger partial charge in [-0.05, 0) is 44.6 Å². The third kappa shape index (κ3) is 1.97. The first kappa shape index (κ1) is 13.8. The average molecular weight is 265 g/mol. The standard InChI is InChI=1S/C16H31N3/c1-13-10-18-9-4-6-14(18)11-19(13)16(12-17)8-5-7-15(16,2)3/h13-14H,4-12,17H2,1-3H3. The van der Waals surface area contributed by atoms with E-state index in [-0.39, 0.29) is 5.54 Å². The normalized spacial score (nSPS) is 43.6. The van der Waals surface area contributed by atoms with E-state index >= 15 is 0 Å². The average Bonchev–Trinajstić information content (AvgIpc) is 2.91. The molecule has 2 heterocycles. The highest BCUT2D eigenvalue weighted by Crippen LogP contribution is 2.50. The van der Waals surface area contributed by atoms with Crippen molar-refractivity contribution >= 4 is 0 Å². The fourth-order valence-corrected chi connectivity index (χ4v) is 5.21. The van der Waals surface area contributed by atoms with Crippen LogP contribution in [-0.2, 0) is 0 Å². The summed E-state index contributed by atoms with van der Waals surface area (Å²) in [5.41, 5.74) is 6.94. The lowest BCUT2D eigenvalue weighted by atomic mass is 9.72. The second kappa shape index (κ2) is 4.71. The highest BCUT2D eigenvalue weighted by atomic mass is 15.4. The van der Waals surface area contributed by atoms with Crippen molar-refractivity contribution in [2.75, 3.05) is 26.2 Å². The molecule has 3 heteroatoms. The van der Waals surface area contributed by atoms with Gasteiger partial charge in [0, 0.05) is 37.3 Å². The fraction of sp³-hybridized carbons (Fsp3) is 1.00. The van der Waals surface area contributed by atoms with Crippen molar-refractivity contribution in [3.63, 3.8) is 0 Å². The Kier molecular flexibility index (Phi) is 3.43. The van der Waals surface area contributed by atoms with Crippen molar-refractivity contribution in [1.82, 2.24) is 9.80 Å². The summed E-state index contributed by atoms with van der Waals surface area (Å²) in [7, 11) is 0. The molecule has 1 aliphatic carbocycles. The molecule has 3 unspecified atom stereocenters. The Morgan fingerprint density at radius 3 is 2.58 bits per heavy atom. The second-order valence-electron chi connectivity index (χ2n) is 7.77.